The van der Waals surface area contributed by atoms with Crippen LogP contribution in [-0.4, -0.2) is 35.3 Å². The highest BCUT2D eigenvalue weighted by molar-refractivity contribution is 5.89. The first-order valence-electron chi connectivity index (χ1n) is 6.57. The monoisotopic (exact) mass is 266 g/mol. The van der Waals surface area contributed by atoms with E-state index in [9.17, 15) is 9.59 Å². The molecule has 1 aliphatic rings. The molecule has 0 amide bonds. The molecule has 0 spiro atoms. The molecular weight excluding hydrogens is 248 g/mol. The Balaban J connectivity index is 2.11. The van der Waals surface area contributed by atoms with E-state index in [1.807, 2.05) is 0 Å². The lowest BCUT2D eigenvalue weighted by molar-refractivity contribution is -0.148. The van der Waals surface area contributed by atoms with Gasteiger partial charge in [0.05, 0.1) is 19.1 Å². The van der Waals surface area contributed by atoms with Crippen molar-refractivity contribution in [1.82, 2.24) is 10.2 Å². The van der Waals surface area contributed by atoms with Crippen LogP contribution in [0.25, 0.3) is 0 Å². The normalized spacial score (nSPS) is 17.7. The number of nitrogens with one attached hydrogen (secondary N) is 1. The highest BCUT2D eigenvalue weighted by atomic mass is 16.5. The van der Waals surface area contributed by atoms with Crippen LogP contribution in [0.1, 0.15) is 42.0 Å². The first-order chi connectivity index (χ1) is 9.17. The fraction of sp³-hybridized carbons (Fsp3) is 0.615. The van der Waals surface area contributed by atoms with Gasteiger partial charge in [-0.15, -0.1) is 0 Å². The molecule has 1 aromatic rings. The smallest absolute Gasteiger partial charge is 0.359 e. The zero-order valence-corrected chi connectivity index (χ0v) is 11.2. The Bertz CT molecular complexity index is 481. The van der Waals surface area contributed by atoms with E-state index in [-0.39, 0.29) is 11.9 Å². The highest BCUT2D eigenvalue weighted by Crippen LogP contribution is 2.27. The molecule has 1 aliphatic carbocycles. The molecule has 1 unspecified atom stereocenters. The fourth-order valence-electron chi connectivity index (χ4n) is 2.34. The summed E-state index contributed by atoms with van der Waals surface area (Å²) in [4.78, 5) is 23.4. The number of aromatic amines is 1. The number of hydrogen-bond acceptors (Lipinski definition) is 5. The largest absolute Gasteiger partial charge is 0.466 e. The second-order valence-electron chi connectivity index (χ2n) is 4.44. The number of H-pyrrole nitrogens is 1. The maximum absolute atomic E-state index is 11.7. The van der Waals surface area contributed by atoms with Crippen molar-refractivity contribution in [2.75, 3.05) is 13.2 Å². The van der Waals surface area contributed by atoms with Gasteiger partial charge in [0.15, 0.2) is 5.69 Å². The van der Waals surface area contributed by atoms with Gasteiger partial charge in [0.2, 0.25) is 0 Å². The molecule has 0 aliphatic heterocycles. The lowest BCUT2D eigenvalue weighted by Gasteiger charge is -2.20. The molecule has 0 bridgehead atoms. The predicted octanol–water partition coefficient (Wildman–Crippen LogP) is 1.25. The molecule has 0 aromatic carbocycles. The summed E-state index contributed by atoms with van der Waals surface area (Å²) in [6.07, 6.45) is 1.86. The molecule has 0 saturated carbocycles. The van der Waals surface area contributed by atoms with Crippen LogP contribution in [0.15, 0.2) is 0 Å². The Labute approximate surface area is 111 Å². The molecule has 1 heterocycles. The van der Waals surface area contributed by atoms with Gasteiger partial charge in [0.25, 0.3) is 0 Å². The third-order valence-electron chi connectivity index (χ3n) is 3.23. The van der Waals surface area contributed by atoms with Gasteiger partial charge in [-0.05, 0) is 26.7 Å². The SMILES string of the molecule is CCOC(=O)c1n[nH]c2c1CCC(C(=O)OCC)C2. The molecular formula is C13H18N2O4. The van der Waals surface area contributed by atoms with Crippen LogP contribution in [0.3, 0.4) is 0 Å². The van der Waals surface area contributed by atoms with Gasteiger partial charge < -0.3 is 9.47 Å². The number of rotatable bonds is 4. The summed E-state index contributed by atoms with van der Waals surface area (Å²) in [5.41, 5.74) is 2.06. The number of esters is 2. The van der Waals surface area contributed by atoms with Crippen LogP contribution in [0.4, 0.5) is 0 Å². The fourth-order valence-corrected chi connectivity index (χ4v) is 2.34. The van der Waals surface area contributed by atoms with Crippen LogP contribution < -0.4 is 0 Å². The third kappa shape index (κ3) is 2.77. The summed E-state index contributed by atoms with van der Waals surface area (Å²) < 4.78 is 9.98. The standard InChI is InChI=1S/C13H18N2O4/c1-3-18-12(16)8-5-6-9-10(7-8)14-15-11(9)13(17)19-4-2/h8H,3-7H2,1-2H3,(H,14,15). The van der Waals surface area contributed by atoms with E-state index in [2.05, 4.69) is 10.2 Å². The molecule has 1 aromatic heterocycles. The molecule has 0 radical (unpaired) electrons. The van der Waals surface area contributed by atoms with Crippen molar-refractivity contribution in [3.05, 3.63) is 17.0 Å². The average Bonchev–Trinajstić information content (AvgIpc) is 2.82. The van der Waals surface area contributed by atoms with Crippen molar-refractivity contribution in [3.8, 4) is 0 Å². The second kappa shape index (κ2) is 5.86. The van der Waals surface area contributed by atoms with E-state index in [1.165, 1.54) is 0 Å². The number of carbonyl (C=O) groups is 2. The van der Waals surface area contributed by atoms with E-state index in [0.29, 0.717) is 38.2 Å². The number of fused-ring (bicyclic) bond motifs is 1. The van der Waals surface area contributed by atoms with Crippen molar-refractivity contribution in [3.63, 3.8) is 0 Å². The van der Waals surface area contributed by atoms with E-state index in [4.69, 9.17) is 9.47 Å². The summed E-state index contributed by atoms with van der Waals surface area (Å²) in [5, 5.41) is 6.84. The summed E-state index contributed by atoms with van der Waals surface area (Å²) in [6.45, 7) is 4.26. The van der Waals surface area contributed by atoms with E-state index >= 15 is 0 Å². The number of ether oxygens (including phenoxy) is 2. The molecule has 6 nitrogen and oxygen atoms in total. The first-order valence-corrected chi connectivity index (χ1v) is 6.57. The van der Waals surface area contributed by atoms with Crippen molar-refractivity contribution in [1.29, 1.82) is 0 Å². The van der Waals surface area contributed by atoms with Crippen LogP contribution in [0, 0.1) is 5.92 Å². The number of aromatic nitrogens is 2. The van der Waals surface area contributed by atoms with Gasteiger partial charge in [0, 0.05) is 17.7 Å². The third-order valence-corrected chi connectivity index (χ3v) is 3.23. The maximum Gasteiger partial charge on any atom is 0.359 e. The molecule has 19 heavy (non-hydrogen) atoms. The lowest BCUT2D eigenvalue weighted by atomic mass is 9.87. The highest BCUT2D eigenvalue weighted by Gasteiger charge is 2.31. The molecule has 1 atom stereocenters. The summed E-state index contributed by atoms with van der Waals surface area (Å²) in [6, 6.07) is 0. The Hall–Kier alpha value is -1.85. The second-order valence-corrected chi connectivity index (χ2v) is 4.44. The molecule has 2 rings (SSSR count). The minimum atomic E-state index is -0.408. The molecule has 0 fully saturated rings. The average molecular weight is 266 g/mol. The Morgan fingerprint density at radius 1 is 1.32 bits per heavy atom. The quantitative estimate of drug-likeness (QED) is 0.829. The van der Waals surface area contributed by atoms with Gasteiger partial charge in [-0.2, -0.15) is 5.10 Å². The van der Waals surface area contributed by atoms with Gasteiger partial charge >= 0.3 is 11.9 Å². The molecule has 1 N–H and O–H groups in total. The number of nitrogens with zero attached hydrogens (tertiary/aromatic N) is 1. The van der Waals surface area contributed by atoms with Crippen molar-refractivity contribution < 1.29 is 19.1 Å². The minimum Gasteiger partial charge on any atom is -0.466 e. The van der Waals surface area contributed by atoms with Crippen molar-refractivity contribution in [2.45, 2.75) is 33.1 Å². The minimum absolute atomic E-state index is 0.150. The summed E-state index contributed by atoms with van der Waals surface area (Å²) in [5.74, 6) is -0.738. The zero-order chi connectivity index (χ0) is 13.8. The molecule has 104 valence electrons. The summed E-state index contributed by atoms with van der Waals surface area (Å²) >= 11 is 0. The van der Waals surface area contributed by atoms with Crippen LogP contribution >= 0.6 is 0 Å². The Morgan fingerprint density at radius 3 is 2.74 bits per heavy atom. The zero-order valence-electron chi connectivity index (χ0n) is 11.2. The molecule has 6 heteroatoms. The van der Waals surface area contributed by atoms with E-state index < -0.39 is 5.97 Å². The van der Waals surface area contributed by atoms with Crippen LogP contribution in [0.5, 0.6) is 0 Å². The van der Waals surface area contributed by atoms with E-state index in [1.54, 1.807) is 13.8 Å². The van der Waals surface area contributed by atoms with Crippen LogP contribution in [0.2, 0.25) is 0 Å². The van der Waals surface area contributed by atoms with Crippen molar-refractivity contribution in [2.24, 2.45) is 5.92 Å². The number of carbonyl (C=O) groups excluding carboxylic acids is 2. The lowest BCUT2D eigenvalue weighted by Crippen LogP contribution is -2.25. The maximum atomic E-state index is 11.7. The van der Waals surface area contributed by atoms with Crippen molar-refractivity contribution >= 4 is 11.9 Å². The first kappa shape index (κ1) is 13.6. The van der Waals surface area contributed by atoms with Gasteiger partial charge in [-0.1, -0.05) is 0 Å². The van der Waals surface area contributed by atoms with Crippen LogP contribution in [-0.2, 0) is 27.1 Å². The predicted molar refractivity (Wildman–Crippen MR) is 66.7 cm³/mol. The van der Waals surface area contributed by atoms with Gasteiger partial charge in [-0.3, -0.25) is 9.89 Å². The van der Waals surface area contributed by atoms with Gasteiger partial charge in [-0.25, -0.2) is 4.79 Å². The van der Waals surface area contributed by atoms with Gasteiger partial charge in [0.1, 0.15) is 0 Å². The van der Waals surface area contributed by atoms with E-state index in [0.717, 1.165) is 11.3 Å². The Kier molecular flexibility index (Phi) is 4.19. The topological polar surface area (TPSA) is 81.3 Å². The molecule has 0 saturated heterocycles. The number of hydrogen-bond donors (Lipinski definition) is 1. The summed E-state index contributed by atoms with van der Waals surface area (Å²) in [7, 11) is 0. The Morgan fingerprint density at radius 2 is 2.05 bits per heavy atom.